The summed E-state index contributed by atoms with van der Waals surface area (Å²) in [5, 5.41) is 4.90. The van der Waals surface area contributed by atoms with E-state index in [1.165, 1.54) is 0 Å². The maximum atomic E-state index is 6.15. The number of benzene rings is 5. The quantitative estimate of drug-likeness (QED) is 0.212. The van der Waals surface area contributed by atoms with Crippen LogP contribution >= 0.6 is 0 Å². The van der Waals surface area contributed by atoms with Gasteiger partial charge in [-0.3, -0.25) is 0 Å². The lowest BCUT2D eigenvalue weighted by Gasteiger charge is -2.35. The Morgan fingerprint density at radius 1 is 0.600 bits per heavy atom. The van der Waals surface area contributed by atoms with Gasteiger partial charge < -0.3 is 10.5 Å². The molecule has 5 nitrogen and oxygen atoms in total. The van der Waals surface area contributed by atoms with Crippen molar-refractivity contribution in [2.45, 2.75) is 18.7 Å². The summed E-state index contributed by atoms with van der Waals surface area (Å²) in [5.74, 6) is 0. The topological polar surface area (TPSA) is 66.0 Å². The van der Waals surface area contributed by atoms with Gasteiger partial charge >= 0.3 is 6.01 Å². The maximum absolute atomic E-state index is 6.15. The lowest BCUT2D eigenvalue weighted by Crippen LogP contribution is -2.38. The molecular weight excluding hydrogens is 492 g/mol. The third-order valence-corrected chi connectivity index (χ3v) is 7.18. The zero-order chi connectivity index (χ0) is 27.2. The van der Waals surface area contributed by atoms with Gasteiger partial charge in [0, 0.05) is 6.54 Å². The predicted octanol–water partition coefficient (Wildman–Crippen LogP) is 6.82. The zero-order valence-corrected chi connectivity index (χ0v) is 22.1. The van der Waals surface area contributed by atoms with Crippen LogP contribution in [-0.2, 0) is 18.7 Å². The number of hydrogen-bond donors (Lipinski definition) is 1. The van der Waals surface area contributed by atoms with E-state index in [9.17, 15) is 0 Å². The normalized spacial score (nSPS) is 11.3. The largest absolute Gasteiger partial charge is 0.458 e. The average Bonchev–Trinajstić information content (AvgIpc) is 3.51. The van der Waals surface area contributed by atoms with Crippen LogP contribution in [0.4, 0.5) is 0 Å². The van der Waals surface area contributed by atoms with Gasteiger partial charge in [-0.1, -0.05) is 127 Å². The molecule has 40 heavy (non-hydrogen) atoms. The van der Waals surface area contributed by atoms with Gasteiger partial charge in [0.25, 0.3) is 0 Å². The Bertz CT molecular complexity index is 1580. The molecule has 5 heteroatoms. The molecule has 0 unspecified atom stereocenters. The minimum atomic E-state index is -0.730. The van der Waals surface area contributed by atoms with Gasteiger partial charge in [0.15, 0.2) is 0 Å². The molecule has 0 saturated carbocycles. The number of nitrogens with two attached hydrogens (primary N) is 1. The number of rotatable bonds is 9. The molecule has 0 spiro atoms. The van der Waals surface area contributed by atoms with E-state index in [2.05, 4.69) is 108 Å². The molecule has 196 valence electrons. The lowest BCUT2D eigenvalue weighted by atomic mass is 9.77. The molecule has 1 aromatic heterocycles. The first-order valence-corrected chi connectivity index (χ1v) is 13.4. The Morgan fingerprint density at radius 3 is 1.62 bits per heavy atom. The first kappa shape index (κ1) is 25.3. The van der Waals surface area contributed by atoms with Crippen LogP contribution < -0.4 is 10.5 Å². The summed E-state index contributed by atoms with van der Waals surface area (Å²) in [6.45, 7) is 0.866. The molecule has 6 aromatic rings. The highest BCUT2D eigenvalue weighted by atomic mass is 16.5. The van der Waals surface area contributed by atoms with Crippen molar-refractivity contribution in [3.05, 3.63) is 174 Å². The number of ether oxygens (including phenoxy) is 1. The van der Waals surface area contributed by atoms with Crippen LogP contribution in [0.3, 0.4) is 0 Å². The second-order valence-electron chi connectivity index (χ2n) is 9.67. The number of nitrogens with zero attached hydrogens (tertiary/aromatic N) is 3. The fourth-order valence-electron chi connectivity index (χ4n) is 5.28. The molecule has 0 atom stereocenters. The molecule has 0 aliphatic heterocycles. The summed E-state index contributed by atoms with van der Waals surface area (Å²) in [6.07, 6.45) is 1.76. The summed E-state index contributed by atoms with van der Waals surface area (Å²) in [4.78, 5) is 4.59. The van der Waals surface area contributed by atoms with Crippen LogP contribution in [0.25, 0.3) is 11.1 Å². The third-order valence-electron chi connectivity index (χ3n) is 7.18. The SMILES string of the molecule is NCc1cccc(-c2cccc(COc3ncn(C(c4ccccc4)(c4ccccc4)c4ccccc4)n3)c2)c1. The molecule has 0 amide bonds. The Kier molecular flexibility index (Phi) is 7.20. The lowest BCUT2D eigenvalue weighted by molar-refractivity contribution is 0.276. The summed E-state index contributed by atoms with van der Waals surface area (Å²) >= 11 is 0. The first-order chi connectivity index (χ1) is 19.8. The summed E-state index contributed by atoms with van der Waals surface area (Å²) in [6, 6.07) is 48.2. The van der Waals surface area contributed by atoms with Gasteiger partial charge in [-0.05, 0) is 51.1 Å². The highest BCUT2D eigenvalue weighted by Gasteiger charge is 2.39. The van der Waals surface area contributed by atoms with Crippen molar-refractivity contribution in [2.24, 2.45) is 5.73 Å². The standard InChI is InChI=1S/C35H30N4O/c36-24-27-12-10-14-29(22-27)30-15-11-13-28(23-30)25-40-34-37-26-39(38-34)35(31-16-4-1-5-17-31,32-18-6-2-7-19-32)33-20-8-3-9-21-33/h1-23,26H,24-25,36H2. The van der Waals surface area contributed by atoms with Crippen molar-refractivity contribution < 1.29 is 4.74 Å². The van der Waals surface area contributed by atoms with Crippen molar-refractivity contribution in [1.82, 2.24) is 14.8 Å². The fraction of sp³-hybridized carbons (Fsp3) is 0.0857. The van der Waals surface area contributed by atoms with Crippen LogP contribution in [-0.4, -0.2) is 14.8 Å². The van der Waals surface area contributed by atoms with Crippen LogP contribution in [0.5, 0.6) is 6.01 Å². The summed E-state index contributed by atoms with van der Waals surface area (Å²) in [5.41, 5.74) is 12.7. The second kappa shape index (κ2) is 11.4. The van der Waals surface area contributed by atoms with E-state index in [4.69, 9.17) is 15.6 Å². The van der Waals surface area contributed by atoms with Gasteiger partial charge in [0.05, 0.1) is 0 Å². The van der Waals surface area contributed by atoms with Gasteiger partial charge in [-0.2, -0.15) is 4.98 Å². The van der Waals surface area contributed by atoms with Crippen LogP contribution in [0.1, 0.15) is 27.8 Å². The molecule has 0 aliphatic carbocycles. The van der Waals surface area contributed by atoms with E-state index >= 15 is 0 Å². The molecule has 5 aromatic carbocycles. The van der Waals surface area contributed by atoms with Crippen molar-refractivity contribution >= 4 is 0 Å². The Hall–Kier alpha value is -5.00. The second-order valence-corrected chi connectivity index (χ2v) is 9.67. The molecular formula is C35H30N4O. The highest BCUT2D eigenvalue weighted by molar-refractivity contribution is 5.65. The van der Waals surface area contributed by atoms with Gasteiger partial charge in [0.2, 0.25) is 0 Å². The van der Waals surface area contributed by atoms with Crippen molar-refractivity contribution in [3.8, 4) is 17.1 Å². The molecule has 0 saturated heterocycles. The molecule has 0 fully saturated rings. The third kappa shape index (κ3) is 4.91. The monoisotopic (exact) mass is 522 g/mol. The van der Waals surface area contributed by atoms with E-state index < -0.39 is 5.54 Å². The van der Waals surface area contributed by atoms with Crippen molar-refractivity contribution in [3.63, 3.8) is 0 Å². The fourth-order valence-corrected chi connectivity index (χ4v) is 5.28. The smallest absolute Gasteiger partial charge is 0.335 e. The maximum Gasteiger partial charge on any atom is 0.335 e. The Balaban J connectivity index is 1.35. The van der Waals surface area contributed by atoms with E-state index in [-0.39, 0.29) is 0 Å². The molecule has 6 rings (SSSR count). The number of hydrogen-bond acceptors (Lipinski definition) is 4. The van der Waals surface area contributed by atoms with Crippen LogP contribution in [0, 0.1) is 0 Å². The minimum Gasteiger partial charge on any atom is -0.458 e. The summed E-state index contributed by atoms with van der Waals surface area (Å²) < 4.78 is 8.06. The predicted molar refractivity (Wildman–Crippen MR) is 159 cm³/mol. The van der Waals surface area contributed by atoms with Crippen LogP contribution in [0.15, 0.2) is 146 Å². The molecule has 0 bridgehead atoms. The molecule has 0 aliphatic rings. The van der Waals surface area contributed by atoms with Crippen LogP contribution in [0.2, 0.25) is 0 Å². The Labute approximate surface area is 234 Å². The van der Waals surface area contributed by atoms with Gasteiger partial charge in [0.1, 0.15) is 18.5 Å². The Morgan fingerprint density at radius 2 is 1.10 bits per heavy atom. The van der Waals surface area contributed by atoms with Crippen molar-refractivity contribution in [2.75, 3.05) is 0 Å². The van der Waals surface area contributed by atoms with E-state index in [0.29, 0.717) is 19.2 Å². The van der Waals surface area contributed by atoms with Gasteiger partial charge in [-0.15, -0.1) is 5.10 Å². The van der Waals surface area contributed by atoms with Gasteiger partial charge in [-0.25, -0.2) is 4.68 Å². The average molecular weight is 523 g/mol. The first-order valence-electron chi connectivity index (χ1n) is 13.4. The number of aromatic nitrogens is 3. The highest BCUT2D eigenvalue weighted by Crippen LogP contribution is 2.40. The molecule has 1 heterocycles. The summed E-state index contributed by atoms with van der Waals surface area (Å²) in [7, 11) is 0. The van der Waals surface area contributed by atoms with Crippen molar-refractivity contribution in [1.29, 1.82) is 0 Å². The van der Waals surface area contributed by atoms with E-state index in [1.54, 1.807) is 6.33 Å². The molecule has 2 N–H and O–H groups in total. The minimum absolute atomic E-state index is 0.322. The zero-order valence-electron chi connectivity index (χ0n) is 22.1. The van der Waals surface area contributed by atoms with E-state index in [1.807, 2.05) is 41.1 Å². The van der Waals surface area contributed by atoms with E-state index in [0.717, 1.165) is 38.9 Å². The molecule has 0 radical (unpaired) electrons.